The molecule has 13 heavy (non-hydrogen) atoms. The van der Waals surface area contributed by atoms with Crippen molar-refractivity contribution in [2.75, 3.05) is 7.11 Å². The summed E-state index contributed by atoms with van der Waals surface area (Å²) in [4.78, 5) is 10.8. The number of ether oxygens (including phenoxy) is 1. The number of rotatable bonds is 2. The predicted octanol–water partition coefficient (Wildman–Crippen LogP) is 1.54. The second-order valence-corrected chi connectivity index (χ2v) is 3.50. The highest BCUT2D eigenvalue weighted by Gasteiger charge is 2.13. The maximum Gasteiger partial charge on any atom is 0.251 e. The number of primary amides is 1. The molecule has 0 saturated heterocycles. The molecule has 1 aromatic rings. The number of benzene rings is 1. The molecule has 0 heterocycles. The number of methoxy groups -OCH3 is 1. The first-order chi connectivity index (χ1) is 6.06. The quantitative estimate of drug-likeness (QED) is 0.841. The van der Waals surface area contributed by atoms with E-state index in [1.165, 1.54) is 19.2 Å². The van der Waals surface area contributed by atoms with Gasteiger partial charge in [-0.1, -0.05) is 0 Å². The standard InChI is InChI=1S/C8H7FINO2/c1-13-4-2-5(8(11)12)7(9)6(10)3-4/h2-3H,1H3,(H2,11,12). The molecule has 0 aliphatic carbocycles. The lowest BCUT2D eigenvalue weighted by atomic mass is 10.2. The molecule has 0 aliphatic rings. The molecule has 1 aromatic carbocycles. The average Bonchev–Trinajstić information content (AvgIpc) is 2.09. The molecule has 5 heteroatoms. The summed E-state index contributed by atoms with van der Waals surface area (Å²) in [7, 11) is 1.44. The summed E-state index contributed by atoms with van der Waals surface area (Å²) < 4.78 is 18.4. The fourth-order valence-corrected chi connectivity index (χ4v) is 1.46. The van der Waals surface area contributed by atoms with E-state index in [-0.39, 0.29) is 5.56 Å². The zero-order valence-corrected chi connectivity index (χ0v) is 8.96. The van der Waals surface area contributed by atoms with Crippen LogP contribution in [-0.2, 0) is 0 Å². The molecule has 0 saturated carbocycles. The van der Waals surface area contributed by atoms with Gasteiger partial charge in [-0.25, -0.2) is 4.39 Å². The number of hydrogen-bond acceptors (Lipinski definition) is 2. The van der Waals surface area contributed by atoms with E-state index in [1.807, 2.05) is 0 Å². The molecule has 1 amide bonds. The molecular weight excluding hydrogens is 288 g/mol. The normalized spacial score (nSPS) is 9.77. The largest absolute Gasteiger partial charge is 0.497 e. The van der Waals surface area contributed by atoms with Crippen molar-refractivity contribution >= 4 is 28.5 Å². The Kier molecular flexibility index (Phi) is 3.07. The molecule has 0 radical (unpaired) electrons. The maximum atomic E-state index is 13.2. The number of carbonyl (C=O) groups is 1. The van der Waals surface area contributed by atoms with Crippen molar-refractivity contribution < 1.29 is 13.9 Å². The first kappa shape index (κ1) is 10.2. The van der Waals surface area contributed by atoms with Gasteiger partial charge in [-0.05, 0) is 34.7 Å². The molecule has 70 valence electrons. The topological polar surface area (TPSA) is 52.3 Å². The molecule has 0 atom stereocenters. The third kappa shape index (κ3) is 2.09. The van der Waals surface area contributed by atoms with Gasteiger partial charge in [-0.3, -0.25) is 4.79 Å². The summed E-state index contributed by atoms with van der Waals surface area (Å²) in [5, 5.41) is 0. The summed E-state index contributed by atoms with van der Waals surface area (Å²) in [6, 6.07) is 2.77. The van der Waals surface area contributed by atoms with Crippen LogP contribution in [-0.4, -0.2) is 13.0 Å². The van der Waals surface area contributed by atoms with E-state index < -0.39 is 11.7 Å². The summed E-state index contributed by atoms with van der Waals surface area (Å²) >= 11 is 1.77. The van der Waals surface area contributed by atoms with Gasteiger partial charge in [0.15, 0.2) is 0 Å². The van der Waals surface area contributed by atoms with Gasteiger partial charge in [0.2, 0.25) is 0 Å². The molecule has 1 rings (SSSR count). The Morgan fingerprint density at radius 1 is 1.62 bits per heavy atom. The fraction of sp³-hybridized carbons (Fsp3) is 0.125. The predicted molar refractivity (Wildman–Crippen MR) is 54.2 cm³/mol. The first-order valence-electron chi connectivity index (χ1n) is 3.39. The number of halogens is 2. The van der Waals surface area contributed by atoms with Gasteiger partial charge in [0, 0.05) is 0 Å². The van der Waals surface area contributed by atoms with E-state index in [2.05, 4.69) is 0 Å². The SMILES string of the molecule is COc1cc(I)c(F)c(C(N)=O)c1. The number of carbonyl (C=O) groups excluding carboxylic acids is 1. The van der Waals surface area contributed by atoms with Gasteiger partial charge in [0.25, 0.3) is 5.91 Å². The summed E-state index contributed by atoms with van der Waals surface area (Å²) in [5.74, 6) is -0.984. The van der Waals surface area contributed by atoms with Crippen LogP contribution in [0.5, 0.6) is 5.75 Å². The van der Waals surface area contributed by atoms with E-state index in [4.69, 9.17) is 10.5 Å². The minimum Gasteiger partial charge on any atom is -0.497 e. The van der Waals surface area contributed by atoms with Gasteiger partial charge < -0.3 is 10.5 Å². The summed E-state index contributed by atoms with van der Waals surface area (Å²) in [5.41, 5.74) is 4.82. The number of nitrogens with two attached hydrogens (primary N) is 1. The van der Waals surface area contributed by atoms with Crippen molar-refractivity contribution in [3.05, 3.63) is 27.1 Å². The third-order valence-corrected chi connectivity index (χ3v) is 2.29. The fourth-order valence-electron chi connectivity index (χ4n) is 0.861. The van der Waals surface area contributed by atoms with Crippen molar-refractivity contribution in [1.82, 2.24) is 0 Å². The van der Waals surface area contributed by atoms with Crippen LogP contribution in [0.4, 0.5) is 4.39 Å². The molecule has 0 aromatic heterocycles. The smallest absolute Gasteiger partial charge is 0.251 e. The Morgan fingerprint density at radius 2 is 2.23 bits per heavy atom. The van der Waals surface area contributed by atoms with E-state index in [9.17, 15) is 9.18 Å². The van der Waals surface area contributed by atoms with Crippen LogP contribution in [0.2, 0.25) is 0 Å². The van der Waals surface area contributed by atoms with Crippen molar-refractivity contribution in [2.24, 2.45) is 5.73 Å². The molecule has 2 N–H and O–H groups in total. The number of amides is 1. The zero-order chi connectivity index (χ0) is 10.0. The van der Waals surface area contributed by atoms with Crippen LogP contribution in [0.25, 0.3) is 0 Å². The molecule has 0 aliphatic heterocycles. The van der Waals surface area contributed by atoms with Crippen molar-refractivity contribution in [3.63, 3.8) is 0 Å². The minimum absolute atomic E-state index is 0.149. The Hall–Kier alpha value is -0.850. The van der Waals surface area contributed by atoms with Crippen LogP contribution in [0.15, 0.2) is 12.1 Å². The molecule has 3 nitrogen and oxygen atoms in total. The Labute approximate surface area is 88.2 Å². The second-order valence-electron chi connectivity index (χ2n) is 2.34. The van der Waals surface area contributed by atoms with Gasteiger partial charge in [-0.15, -0.1) is 0 Å². The average molecular weight is 295 g/mol. The van der Waals surface area contributed by atoms with Crippen molar-refractivity contribution in [1.29, 1.82) is 0 Å². The zero-order valence-electron chi connectivity index (χ0n) is 6.80. The number of hydrogen-bond donors (Lipinski definition) is 1. The highest BCUT2D eigenvalue weighted by Crippen LogP contribution is 2.22. The third-order valence-electron chi connectivity index (χ3n) is 1.50. The summed E-state index contributed by atoms with van der Waals surface area (Å²) in [6.45, 7) is 0. The highest BCUT2D eigenvalue weighted by atomic mass is 127. The Bertz CT molecular complexity index is 354. The van der Waals surface area contributed by atoms with Crippen LogP contribution in [0, 0.1) is 9.39 Å². The van der Waals surface area contributed by atoms with Crippen LogP contribution >= 0.6 is 22.6 Å². The van der Waals surface area contributed by atoms with Gasteiger partial charge in [-0.2, -0.15) is 0 Å². The van der Waals surface area contributed by atoms with E-state index >= 15 is 0 Å². The molecule has 0 bridgehead atoms. The summed E-state index contributed by atoms with van der Waals surface area (Å²) in [6.07, 6.45) is 0. The van der Waals surface area contributed by atoms with E-state index in [0.717, 1.165) is 0 Å². The first-order valence-corrected chi connectivity index (χ1v) is 4.47. The van der Waals surface area contributed by atoms with Gasteiger partial charge in [0.05, 0.1) is 16.2 Å². The Balaban J connectivity index is 3.33. The monoisotopic (exact) mass is 295 g/mol. The lowest BCUT2D eigenvalue weighted by molar-refractivity contribution is 0.0996. The maximum absolute atomic E-state index is 13.2. The molecule has 0 unspecified atom stereocenters. The minimum atomic E-state index is -0.797. The van der Waals surface area contributed by atoms with Crippen molar-refractivity contribution in [2.45, 2.75) is 0 Å². The van der Waals surface area contributed by atoms with Crippen LogP contribution in [0.1, 0.15) is 10.4 Å². The molecule has 0 spiro atoms. The second kappa shape index (κ2) is 3.91. The van der Waals surface area contributed by atoms with Gasteiger partial charge in [0.1, 0.15) is 11.6 Å². The molecule has 0 fully saturated rings. The Morgan fingerprint density at radius 3 is 2.69 bits per heavy atom. The van der Waals surface area contributed by atoms with Crippen LogP contribution < -0.4 is 10.5 Å². The molecular formula is C8H7FINO2. The van der Waals surface area contributed by atoms with E-state index in [1.54, 1.807) is 22.6 Å². The lowest BCUT2D eigenvalue weighted by Crippen LogP contribution is -2.14. The lowest BCUT2D eigenvalue weighted by Gasteiger charge is -2.04. The highest BCUT2D eigenvalue weighted by molar-refractivity contribution is 14.1. The van der Waals surface area contributed by atoms with Crippen molar-refractivity contribution in [3.8, 4) is 5.75 Å². The van der Waals surface area contributed by atoms with E-state index in [0.29, 0.717) is 9.32 Å². The van der Waals surface area contributed by atoms with Crippen LogP contribution in [0.3, 0.4) is 0 Å². The van der Waals surface area contributed by atoms with Gasteiger partial charge >= 0.3 is 0 Å².